The molecule has 2 heteroatoms. The van der Waals surface area contributed by atoms with Gasteiger partial charge in [0.05, 0.1) is 0 Å². The van der Waals surface area contributed by atoms with Gasteiger partial charge in [-0.05, 0) is 31.6 Å². The SMILES string of the molecule is ON1CCCC1C1CCCCC1. The van der Waals surface area contributed by atoms with E-state index in [0.29, 0.717) is 6.04 Å². The largest absolute Gasteiger partial charge is 0.314 e. The predicted molar refractivity (Wildman–Crippen MR) is 48.1 cm³/mol. The van der Waals surface area contributed by atoms with Crippen LogP contribution in [0.5, 0.6) is 0 Å². The van der Waals surface area contributed by atoms with Gasteiger partial charge in [0.1, 0.15) is 0 Å². The molecule has 1 saturated heterocycles. The summed E-state index contributed by atoms with van der Waals surface area (Å²) in [5.74, 6) is 0.797. The first-order valence-corrected chi connectivity index (χ1v) is 5.33. The first-order valence-electron chi connectivity index (χ1n) is 5.33. The number of nitrogens with zero attached hydrogens (tertiary/aromatic N) is 1. The Kier molecular flexibility index (Phi) is 2.66. The van der Waals surface area contributed by atoms with Crippen molar-refractivity contribution in [3.05, 3.63) is 0 Å². The lowest BCUT2D eigenvalue weighted by molar-refractivity contribution is -0.120. The summed E-state index contributed by atoms with van der Waals surface area (Å²) in [5, 5.41) is 11.2. The van der Waals surface area contributed by atoms with Gasteiger partial charge in [0.2, 0.25) is 0 Å². The van der Waals surface area contributed by atoms with Crippen LogP contribution in [0.25, 0.3) is 0 Å². The second kappa shape index (κ2) is 3.75. The molecule has 0 aromatic rings. The summed E-state index contributed by atoms with van der Waals surface area (Å²) in [5.41, 5.74) is 0. The molecule has 0 amide bonds. The molecule has 1 N–H and O–H groups in total. The second-order valence-corrected chi connectivity index (χ2v) is 4.27. The third-order valence-corrected chi connectivity index (χ3v) is 3.46. The van der Waals surface area contributed by atoms with Crippen molar-refractivity contribution < 1.29 is 5.21 Å². The molecule has 2 fully saturated rings. The zero-order valence-corrected chi connectivity index (χ0v) is 7.71. The zero-order chi connectivity index (χ0) is 8.39. The Balaban J connectivity index is 1.89. The monoisotopic (exact) mass is 169 g/mol. The van der Waals surface area contributed by atoms with Gasteiger partial charge in [0, 0.05) is 12.6 Å². The van der Waals surface area contributed by atoms with Crippen LogP contribution in [0.2, 0.25) is 0 Å². The normalized spacial score (nSPS) is 34.2. The lowest BCUT2D eigenvalue weighted by Gasteiger charge is -2.30. The summed E-state index contributed by atoms with van der Waals surface area (Å²) < 4.78 is 0. The maximum absolute atomic E-state index is 9.57. The van der Waals surface area contributed by atoms with Crippen LogP contribution in [0.3, 0.4) is 0 Å². The average Bonchev–Trinajstić information content (AvgIpc) is 2.53. The fraction of sp³-hybridized carbons (Fsp3) is 1.00. The molecule has 0 spiro atoms. The fourth-order valence-corrected chi connectivity index (χ4v) is 2.78. The highest BCUT2D eigenvalue weighted by molar-refractivity contribution is 4.82. The van der Waals surface area contributed by atoms with Crippen LogP contribution in [0, 0.1) is 5.92 Å². The third kappa shape index (κ3) is 1.64. The lowest BCUT2D eigenvalue weighted by atomic mass is 9.83. The van der Waals surface area contributed by atoms with Gasteiger partial charge in [-0.3, -0.25) is 0 Å². The molecule has 2 aliphatic rings. The van der Waals surface area contributed by atoms with Crippen molar-refractivity contribution >= 4 is 0 Å². The van der Waals surface area contributed by atoms with Crippen LogP contribution in [-0.4, -0.2) is 22.9 Å². The van der Waals surface area contributed by atoms with Gasteiger partial charge in [-0.25, -0.2) is 0 Å². The molecule has 1 atom stereocenters. The van der Waals surface area contributed by atoms with Crippen molar-refractivity contribution in [2.24, 2.45) is 5.92 Å². The van der Waals surface area contributed by atoms with E-state index in [0.717, 1.165) is 12.5 Å². The maximum Gasteiger partial charge on any atom is 0.0378 e. The summed E-state index contributed by atoms with van der Waals surface area (Å²) in [4.78, 5) is 0. The topological polar surface area (TPSA) is 23.5 Å². The summed E-state index contributed by atoms with van der Waals surface area (Å²) in [7, 11) is 0. The Morgan fingerprint density at radius 2 is 1.67 bits per heavy atom. The molecule has 0 aromatic heterocycles. The van der Waals surface area contributed by atoms with Crippen LogP contribution in [0.15, 0.2) is 0 Å². The Morgan fingerprint density at radius 1 is 0.917 bits per heavy atom. The van der Waals surface area contributed by atoms with E-state index in [1.807, 2.05) is 0 Å². The third-order valence-electron chi connectivity index (χ3n) is 3.46. The number of rotatable bonds is 1. The highest BCUT2D eigenvalue weighted by Crippen LogP contribution is 2.33. The molecule has 1 aliphatic heterocycles. The quantitative estimate of drug-likeness (QED) is 0.651. The van der Waals surface area contributed by atoms with E-state index in [4.69, 9.17) is 0 Å². The van der Waals surface area contributed by atoms with Crippen molar-refractivity contribution in [2.75, 3.05) is 6.54 Å². The molecular formula is C10H19NO. The Hall–Kier alpha value is -0.0800. The van der Waals surface area contributed by atoms with Crippen molar-refractivity contribution in [1.29, 1.82) is 0 Å². The second-order valence-electron chi connectivity index (χ2n) is 4.27. The average molecular weight is 169 g/mol. The van der Waals surface area contributed by atoms with Gasteiger partial charge >= 0.3 is 0 Å². The molecule has 1 unspecified atom stereocenters. The molecule has 1 saturated carbocycles. The molecule has 1 aliphatic carbocycles. The van der Waals surface area contributed by atoms with E-state index in [9.17, 15) is 5.21 Å². The molecule has 1 heterocycles. The van der Waals surface area contributed by atoms with E-state index in [-0.39, 0.29) is 0 Å². The molecule has 0 bridgehead atoms. The minimum atomic E-state index is 0.505. The summed E-state index contributed by atoms with van der Waals surface area (Å²) in [6.07, 6.45) is 9.29. The molecule has 2 rings (SSSR count). The Bertz CT molecular complexity index is 143. The van der Waals surface area contributed by atoms with Crippen LogP contribution >= 0.6 is 0 Å². The molecule has 2 nitrogen and oxygen atoms in total. The van der Waals surface area contributed by atoms with Crippen LogP contribution in [-0.2, 0) is 0 Å². The van der Waals surface area contributed by atoms with Crippen LogP contribution < -0.4 is 0 Å². The predicted octanol–water partition coefficient (Wildman–Crippen LogP) is 2.42. The minimum Gasteiger partial charge on any atom is -0.314 e. The number of hydroxylamine groups is 2. The first kappa shape index (κ1) is 8.52. The van der Waals surface area contributed by atoms with Crippen molar-refractivity contribution in [1.82, 2.24) is 5.06 Å². The first-order chi connectivity index (χ1) is 5.88. The summed E-state index contributed by atoms with van der Waals surface area (Å²) in [6.45, 7) is 0.904. The van der Waals surface area contributed by atoms with E-state index >= 15 is 0 Å². The van der Waals surface area contributed by atoms with E-state index in [2.05, 4.69) is 0 Å². The molecule has 12 heavy (non-hydrogen) atoms. The molecular weight excluding hydrogens is 150 g/mol. The van der Waals surface area contributed by atoms with Gasteiger partial charge in [0.15, 0.2) is 0 Å². The Labute approximate surface area is 74.5 Å². The van der Waals surface area contributed by atoms with E-state index in [1.165, 1.54) is 44.9 Å². The molecule has 0 radical (unpaired) electrons. The van der Waals surface area contributed by atoms with Crippen molar-refractivity contribution in [3.63, 3.8) is 0 Å². The van der Waals surface area contributed by atoms with Crippen molar-refractivity contribution in [3.8, 4) is 0 Å². The van der Waals surface area contributed by atoms with Gasteiger partial charge in [0.25, 0.3) is 0 Å². The summed E-state index contributed by atoms with van der Waals surface area (Å²) >= 11 is 0. The zero-order valence-electron chi connectivity index (χ0n) is 7.71. The minimum absolute atomic E-state index is 0.505. The highest BCUT2D eigenvalue weighted by Gasteiger charge is 2.31. The van der Waals surface area contributed by atoms with Gasteiger partial charge in [-0.15, -0.1) is 0 Å². The van der Waals surface area contributed by atoms with Crippen LogP contribution in [0.1, 0.15) is 44.9 Å². The lowest BCUT2D eigenvalue weighted by Crippen LogP contribution is -2.34. The standard InChI is InChI=1S/C10H19NO/c12-11-8-4-7-10(11)9-5-2-1-3-6-9/h9-10,12H,1-8H2. The van der Waals surface area contributed by atoms with Gasteiger partial charge < -0.3 is 5.21 Å². The smallest absolute Gasteiger partial charge is 0.0378 e. The molecule has 0 aromatic carbocycles. The van der Waals surface area contributed by atoms with Gasteiger partial charge in [-0.2, -0.15) is 5.06 Å². The maximum atomic E-state index is 9.57. The number of hydrogen-bond donors (Lipinski definition) is 1. The fourth-order valence-electron chi connectivity index (χ4n) is 2.78. The van der Waals surface area contributed by atoms with E-state index in [1.54, 1.807) is 5.06 Å². The van der Waals surface area contributed by atoms with E-state index < -0.39 is 0 Å². The summed E-state index contributed by atoms with van der Waals surface area (Å²) in [6, 6.07) is 0.505. The highest BCUT2D eigenvalue weighted by atomic mass is 16.5. The Morgan fingerprint density at radius 3 is 2.25 bits per heavy atom. The van der Waals surface area contributed by atoms with Crippen LogP contribution in [0.4, 0.5) is 0 Å². The van der Waals surface area contributed by atoms with Gasteiger partial charge in [-0.1, -0.05) is 19.3 Å². The van der Waals surface area contributed by atoms with Crippen molar-refractivity contribution in [2.45, 2.75) is 51.0 Å². The molecule has 70 valence electrons. The number of hydrogen-bond acceptors (Lipinski definition) is 2.